The summed E-state index contributed by atoms with van der Waals surface area (Å²) >= 11 is 7.96. The highest BCUT2D eigenvalue weighted by Gasteiger charge is 2.13. The number of ether oxygens (including phenoxy) is 1. The van der Waals surface area contributed by atoms with Crippen molar-refractivity contribution in [2.24, 2.45) is 0 Å². The first kappa shape index (κ1) is 8.37. The number of halogens is 2. The fraction of sp³-hybridized carbons (Fsp3) is 0.286. The topological polar surface area (TPSA) is 34.2 Å². The normalized spacial score (nSPS) is 14.5. The Bertz CT molecular complexity index is 288. The van der Waals surface area contributed by atoms with Gasteiger partial charge >= 0.3 is 0 Å². The summed E-state index contributed by atoms with van der Waals surface area (Å²) in [5.41, 5.74) is 0. The molecule has 0 radical (unpaired) electrons. The zero-order valence-electron chi connectivity index (χ0n) is 6.10. The molecule has 0 unspecified atom stereocenters. The third kappa shape index (κ3) is 1.45. The molecular weight excluding hydrogens is 290 g/mol. The van der Waals surface area contributed by atoms with E-state index in [-0.39, 0.29) is 0 Å². The van der Waals surface area contributed by atoms with Gasteiger partial charge < -0.3 is 10.1 Å². The maximum absolute atomic E-state index is 5.87. The third-order valence-electron chi connectivity index (χ3n) is 1.55. The molecule has 2 rings (SSSR count). The summed E-state index contributed by atoms with van der Waals surface area (Å²) in [4.78, 5) is 4.23. The minimum Gasteiger partial charge on any atom is -0.488 e. The minimum atomic E-state index is 0.637. The Labute approximate surface area is 88.6 Å². The summed E-state index contributed by atoms with van der Waals surface area (Å²) in [6, 6.07) is 1.79. The van der Waals surface area contributed by atoms with Gasteiger partial charge in [0.25, 0.3) is 0 Å². The lowest BCUT2D eigenvalue weighted by atomic mass is 10.4. The van der Waals surface area contributed by atoms with Crippen LogP contribution in [0.25, 0.3) is 0 Å². The predicted molar refractivity (Wildman–Crippen MR) is 55.9 cm³/mol. The van der Waals surface area contributed by atoms with Crippen LogP contribution in [-0.4, -0.2) is 18.1 Å². The molecular formula is C7H6ClIN2O. The number of fused-ring (bicyclic) bond motifs is 1. The highest BCUT2D eigenvalue weighted by molar-refractivity contribution is 14.1. The Kier molecular flexibility index (Phi) is 2.27. The third-order valence-corrected chi connectivity index (χ3v) is 2.98. The smallest absolute Gasteiger partial charge is 0.170 e. The van der Waals surface area contributed by atoms with Gasteiger partial charge in [0.2, 0.25) is 0 Å². The Morgan fingerprint density at radius 1 is 1.67 bits per heavy atom. The van der Waals surface area contributed by atoms with Gasteiger partial charge in [-0.1, -0.05) is 11.6 Å². The lowest BCUT2D eigenvalue weighted by Gasteiger charge is -2.18. The number of rotatable bonds is 0. The number of nitrogens with one attached hydrogen (secondary N) is 1. The molecule has 3 nitrogen and oxygen atoms in total. The van der Waals surface area contributed by atoms with Crippen molar-refractivity contribution in [1.29, 1.82) is 0 Å². The molecule has 0 atom stereocenters. The summed E-state index contributed by atoms with van der Waals surface area (Å²) in [6.45, 7) is 1.48. The van der Waals surface area contributed by atoms with E-state index in [0.29, 0.717) is 11.6 Å². The summed E-state index contributed by atoms with van der Waals surface area (Å²) in [5.74, 6) is 1.53. The van der Waals surface area contributed by atoms with Crippen molar-refractivity contribution in [2.75, 3.05) is 18.5 Å². The number of hydrogen-bond acceptors (Lipinski definition) is 3. The second-order valence-electron chi connectivity index (χ2n) is 2.38. The standard InChI is InChI=1S/C7H6ClIN2O/c8-4-3-5-7(11-6(4)9)10-1-2-12-5/h3H,1-2H2,(H,10,11). The molecule has 12 heavy (non-hydrogen) atoms. The van der Waals surface area contributed by atoms with Crippen LogP contribution in [0.1, 0.15) is 0 Å². The van der Waals surface area contributed by atoms with E-state index in [0.717, 1.165) is 21.8 Å². The lowest BCUT2D eigenvalue weighted by Crippen LogP contribution is -2.19. The summed E-state index contributed by atoms with van der Waals surface area (Å²) < 4.78 is 6.14. The molecule has 64 valence electrons. The zero-order chi connectivity index (χ0) is 8.55. The van der Waals surface area contributed by atoms with Crippen molar-refractivity contribution in [1.82, 2.24) is 4.98 Å². The molecule has 1 aromatic heterocycles. The maximum Gasteiger partial charge on any atom is 0.170 e. The molecule has 0 aromatic carbocycles. The molecule has 0 aliphatic carbocycles. The van der Waals surface area contributed by atoms with Crippen LogP contribution in [0.3, 0.4) is 0 Å². The minimum absolute atomic E-state index is 0.637. The molecule has 0 amide bonds. The number of aromatic nitrogens is 1. The highest BCUT2D eigenvalue weighted by atomic mass is 127. The Hall–Kier alpha value is -0.230. The van der Waals surface area contributed by atoms with Gasteiger partial charge in [0, 0.05) is 6.07 Å². The molecule has 1 N–H and O–H groups in total. The van der Waals surface area contributed by atoms with Gasteiger partial charge in [-0.2, -0.15) is 0 Å². The fourth-order valence-corrected chi connectivity index (χ4v) is 1.56. The van der Waals surface area contributed by atoms with Crippen molar-refractivity contribution in [2.45, 2.75) is 0 Å². The van der Waals surface area contributed by atoms with E-state index < -0.39 is 0 Å². The molecule has 1 aliphatic heterocycles. The Balaban J connectivity index is 2.49. The fourth-order valence-electron chi connectivity index (χ4n) is 1.02. The van der Waals surface area contributed by atoms with E-state index in [1.165, 1.54) is 0 Å². The van der Waals surface area contributed by atoms with E-state index in [4.69, 9.17) is 16.3 Å². The van der Waals surface area contributed by atoms with Crippen LogP contribution >= 0.6 is 34.2 Å². The molecule has 5 heteroatoms. The SMILES string of the molecule is Clc1cc2c(nc1I)NCCO2. The monoisotopic (exact) mass is 296 g/mol. The first-order valence-electron chi connectivity index (χ1n) is 3.50. The van der Waals surface area contributed by atoms with Crippen molar-refractivity contribution in [3.63, 3.8) is 0 Å². The number of nitrogens with zero attached hydrogens (tertiary/aromatic N) is 1. The Morgan fingerprint density at radius 3 is 3.33 bits per heavy atom. The van der Waals surface area contributed by atoms with Crippen LogP contribution in [0.15, 0.2) is 6.07 Å². The van der Waals surface area contributed by atoms with E-state index in [9.17, 15) is 0 Å². The van der Waals surface area contributed by atoms with Crippen molar-refractivity contribution >= 4 is 40.0 Å². The highest BCUT2D eigenvalue weighted by Crippen LogP contribution is 2.30. The first-order valence-corrected chi connectivity index (χ1v) is 4.96. The second-order valence-corrected chi connectivity index (χ2v) is 3.81. The molecule has 2 heterocycles. The number of hydrogen-bond donors (Lipinski definition) is 1. The molecule has 0 spiro atoms. The van der Waals surface area contributed by atoms with Crippen LogP contribution < -0.4 is 10.1 Å². The van der Waals surface area contributed by atoms with E-state index in [1.807, 2.05) is 0 Å². The van der Waals surface area contributed by atoms with Crippen LogP contribution in [-0.2, 0) is 0 Å². The van der Waals surface area contributed by atoms with Crippen LogP contribution in [0.2, 0.25) is 5.02 Å². The predicted octanol–water partition coefficient (Wildman–Crippen LogP) is 2.14. The van der Waals surface area contributed by atoms with Gasteiger partial charge in [-0.15, -0.1) is 0 Å². The molecule has 0 fully saturated rings. The average molecular weight is 296 g/mol. The average Bonchev–Trinajstić information content (AvgIpc) is 2.07. The molecule has 0 saturated heterocycles. The largest absolute Gasteiger partial charge is 0.488 e. The quantitative estimate of drug-likeness (QED) is 0.588. The Morgan fingerprint density at radius 2 is 2.50 bits per heavy atom. The van der Waals surface area contributed by atoms with Gasteiger partial charge in [0.1, 0.15) is 10.3 Å². The lowest BCUT2D eigenvalue weighted by molar-refractivity contribution is 0.321. The first-order chi connectivity index (χ1) is 5.77. The van der Waals surface area contributed by atoms with Gasteiger partial charge in [0.05, 0.1) is 11.6 Å². The molecule has 1 aromatic rings. The van der Waals surface area contributed by atoms with E-state index >= 15 is 0 Å². The van der Waals surface area contributed by atoms with Crippen LogP contribution in [0.5, 0.6) is 5.75 Å². The van der Waals surface area contributed by atoms with Gasteiger partial charge in [-0.3, -0.25) is 0 Å². The number of anilines is 1. The van der Waals surface area contributed by atoms with Crippen molar-refractivity contribution < 1.29 is 4.74 Å². The van der Waals surface area contributed by atoms with Crippen LogP contribution in [0.4, 0.5) is 5.82 Å². The molecule has 0 saturated carbocycles. The van der Waals surface area contributed by atoms with Gasteiger partial charge in [-0.05, 0) is 22.6 Å². The number of pyridine rings is 1. The van der Waals surface area contributed by atoms with Crippen LogP contribution in [0, 0.1) is 3.70 Å². The second kappa shape index (κ2) is 3.26. The molecule has 0 bridgehead atoms. The zero-order valence-corrected chi connectivity index (χ0v) is 9.02. The maximum atomic E-state index is 5.87. The van der Waals surface area contributed by atoms with Gasteiger partial charge in [0.15, 0.2) is 11.6 Å². The summed E-state index contributed by atoms with van der Waals surface area (Å²) in [7, 11) is 0. The van der Waals surface area contributed by atoms with Crippen molar-refractivity contribution in [3.8, 4) is 5.75 Å². The van der Waals surface area contributed by atoms with E-state index in [1.54, 1.807) is 6.07 Å². The molecule has 1 aliphatic rings. The summed E-state index contributed by atoms with van der Waals surface area (Å²) in [5, 5.41) is 3.77. The van der Waals surface area contributed by atoms with Gasteiger partial charge in [-0.25, -0.2) is 4.98 Å². The van der Waals surface area contributed by atoms with E-state index in [2.05, 4.69) is 32.9 Å². The summed E-state index contributed by atoms with van der Waals surface area (Å²) in [6.07, 6.45) is 0. The van der Waals surface area contributed by atoms with Crippen molar-refractivity contribution in [3.05, 3.63) is 14.8 Å².